The van der Waals surface area contributed by atoms with Gasteiger partial charge < -0.3 is 14.5 Å². The molecule has 0 spiro atoms. The summed E-state index contributed by atoms with van der Waals surface area (Å²) in [4.78, 5) is 12.8. The summed E-state index contributed by atoms with van der Waals surface area (Å²) in [6.45, 7) is 8.44. The van der Waals surface area contributed by atoms with Crippen LogP contribution in [0, 0.1) is 0 Å². The number of hydrogen-bond donors (Lipinski definition) is 1. The Morgan fingerprint density at radius 2 is 1.42 bits per heavy atom. The molecule has 0 unspecified atom stereocenters. The molecule has 0 fully saturated rings. The van der Waals surface area contributed by atoms with Crippen LogP contribution in [-0.2, 0) is 14.0 Å². The van der Waals surface area contributed by atoms with Gasteiger partial charge in [-0.15, -0.1) is 0 Å². The first-order chi connectivity index (χ1) is 12.3. The SMILES string of the molecule is CO[C@@H](C(=O)N[C@H](C)[C@@H](O[Si](C)(C)C)c1ccccc1)c1ccccc1. The molecule has 3 atom stereocenters. The molecule has 2 aromatic rings. The fraction of sp³-hybridized carbons (Fsp3) is 0.381. The lowest BCUT2D eigenvalue weighted by atomic mass is 10.0. The van der Waals surface area contributed by atoms with E-state index in [0.717, 1.165) is 11.1 Å². The van der Waals surface area contributed by atoms with Gasteiger partial charge in [0.2, 0.25) is 0 Å². The van der Waals surface area contributed by atoms with E-state index in [-0.39, 0.29) is 18.1 Å². The first kappa shape index (κ1) is 20.4. The van der Waals surface area contributed by atoms with Crippen molar-refractivity contribution >= 4 is 14.2 Å². The van der Waals surface area contributed by atoms with E-state index in [4.69, 9.17) is 9.16 Å². The predicted molar refractivity (Wildman–Crippen MR) is 107 cm³/mol. The molecule has 0 radical (unpaired) electrons. The molecule has 4 nitrogen and oxygen atoms in total. The highest BCUT2D eigenvalue weighted by molar-refractivity contribution is 6.69. The molecule has 26 heavy (non-hydrogen) atoms. The molecule has 2 rings (SSSR count). The van der Waals surface area contributed by atoms with Crippen LogP contribution in [0.4, 0.5) is 0 Å². The average molecular weight is 372 g/mol. The smallest absolute Gasteiger partial charge is 0.254 e. The lowest BCUT2D eigenvalue weighted by Crippen LogP contribution is -2.43. The fourth-order valence-corrected chi connectivity index (χ4v) is 3.98. The van der Waals surface area contributed by atoms with E-state index in [1.54, 1.807) is 7.11 Å². The monoisotopic (exact) mass is 371 g/mol. The van der Waals surface area contributed by atoms with Gasteiger partial charge in [0.25, 0.3) is 5.91 Å². The van der Waals surface area contributed by atoms with Gasteiger partial charge in [-0.25, -0.2) is 0 Å². The van der Waals surface area contributed by atoms with Crippen LogP contribution in [0.3, 0.4) is 0 Å². The Labute approximate surface area is 157 Å². The third-order valence-corrected chi connectivity index (χ3v) is 4.97. The van der Waals surface area contributed by atoms with Gasteiger partial charge in [0.1, 0.15) is 0 Å². The lowest BCUT2D eigenvalue weighted by molar-refractivity contribution is -0.132. The highest BCUT2D eigenvalue weighted by atomic mass is 28.4. The number of ether oxygens (including phenoxy) is 1. The number of amides is 1. The summed E-state index contributed by atoms with van der Waals surface area (Å²) in [5, 5.41) is 3.08. The van der Waals surface area contributed by atoms with Crippen molar-refractivity contribution in [1.29, 1.82) is 0 Å². The molecular formula is C21H29NO3Si. The van der Waals surface area contributed by atoms with Crippen LogP contribution in [-0.4, -0.2) is 27.4 Å². The highest BCUT2D eigenvalue weighted by Gasteiger charge is 2.30. The molecule has 0 saturated heterocycles. The van der Waals surface area contributed by atoms with Gasteiger partial charge in [0.15, 0.2) is 14.4 Å². The van der Waals surface area contributed by atoms with Crippen molar-refractivity contribution in [3.63, 3.8) is 0 Å². The van der Waals surface area contributed by atoms with E-state index < -0.39 is 14.4 Å². The van der Waals surface area contributed by atoms with Crippen molar-refractivity contribution in [3.8, 4) is 0 Å². The van der Waals surface area contributed by atoms with Crippen LogP contribution < -0.4 is 5.32 Å². The molecular weight excluding hydrogens is 342 g/mol. The molecule has 0 aromatic heterocycles. The van der Waals surface area contributed by atoms with Crippen LogP contribution in [0.15, 0.2) is 60.7 Å². The Morgan fingerprint density at radius 3 is 1.88 bits per heavy atom. The quantitative estimate of drug-likeness (QED) is 0.696. The molecule has 0 bridgehead atoms. The second-order valence-electron chi connectivity index (χ2n) is 7.39. The van der Waals surface area contributed by atoms with Crippen LogP contribution in [0.1, 0.15) is 30.3 Å². The topological polar surface area (TPSA) is 47.6 Å². The Hall–Kier alpha value is -1.95. The van der Waals surface area contributed by atoms with Gasteiger partial charge in [-0.3, -0.25) is 4.79 Å². The number of hydrogen-bond acceptors (Lipinski definition) is 3. The third kappa shape index (κ3) is 5.80. The highest BCUT2D eigenvalue weighted by Crippen LogP contribution is 2.26. The van der Waals surface area contributed by atoms with Crippen molar-refractivity contribution in [1.82, 2.24) is 5.32 Å². The first-order valence-corrected chi connectivity index (χ1v) is 12.3. The molecule has 0 aliphatic heterocycles. The van der Waals surface area contributed by atoms with Gasteiger partial charge in [0.05, 0.1) is 12.1 Å². The molecule has 0 aliphatic rings. The number of nitrogens with one attached hydrogen (secondary N) is 1. The lowest BCUT2D eigenvalue weighted by Gasteiger charge is -2.32. The number of rotatable bonds is 8. The summed E-state index contributed by atoms with van der Waals surface area (Å²) >= 11 is 0. The summed E-state index contributed by atoms with van der Waals surface area (Å²) < 4.78 is 11.8. The summed E-state index contributed by atoms with van der Waals surface area (Å²) in [6, 6.07) is 19.4. The van der Waals surface area contributed by atoms with Crippen molar-refractivity contribution in [2.45, 2.75) is 44.8 Å². The predicted octanol–water partition coefficient (Wildman–Crippen LogP) is 4.47. The standard InChI is InChI=1S/C21H29NO3Si/c1-16(19(25-26(3,4)5)17-12-8-6-9-13-17)22-21(23)20(24-2)18-14-10-7-11-15-18/h6-16,19-20H,1-5H3,(H,22,23)/t16-,19-,20-/m1/s1. The minimum Gasteiger partial charge on any atom is -0.409 e. The van der Waals surface area contributed by atoms with Gasteiger partial charge in [0, 0.05) is 7.11 Å². The fourth-order valence-electron chi connectivity index (χ4n) is 2.88. The number of carbonyl (C=O) groups excluding carboxylic acids is 1. The van der Waals surface area contributed by atoms with E-state index in [1.807, 2.05) is 67.6 Å². The summed E-state index contributed by atoms with van der Waals surface area (Å²) in [5.41, 5.74) is 1.90. The Kier molecular flexibility index (Phi) is 7.14. The van der Waals surface area contributed by atoms with Crippen molar-refractivity contribution in [3.05, 3.63) is 71.8 Å². The van der Waals surface area contributed by atoms with Gasteiger partial charge in [-0.1, -0.05) is 60.7 Å². The molecule has 140 valence electrons. The first-order valence-electron chi connectivity index (χ1n) is 8.92. The van der Waals surface area contributed by atoms with Crippen LogP contribution in [0.2, 0.25) is 19.6 Å². The van der Waals surface area contributed by atoms with Crippen molar-refractivity contribution in [2.24, 2.45) is 0 Å². The van der Waals surface area contributed by atoms with Gasteiger partial charge in [-0.05, 0) is 37.7 Å². The number of methoxy groups -OCH3 is 1. The molecule has 2 aromatic carbocycles. The van der Waals surface area contributed by atoms with E-state index in [2.05, 4.69) is 25.0 Å². The van der Waals surface area contributed by atoms with E-state index >= 15 is 0 Å². The molecule has 1 amide bonds. The average Bonchev–Trinajstić information content (AvgIpc) is 2.61. The zero-order valence-corrected chi connectivity index (χ0v) is 17.2. The second-order valence-corrected chi connectivity index (χ2v) is 11.8. The molecule has 5 heteroatoms. The Balaban J connectivity index is 2.17. The maximum atomic E-state index is 12.8. The molecule has 0 aliphatic carbocycles. The normalized spacial score (nSPS) is 15.1. The zero-order chi connectivity index (χ0) is 19.2. The van der Waals surface area contributed by atoms with Crippen LogP contribution >= 0.6 is 0 Å². The second kappa shape index (κ2) is 9.12. The third-order valence-electron chi connectivity index (χ3n) is 4.01. The summed E-state index contributed by atoms with van der Waals surface area (Å²) in [7, 11) is -0.248. The largest absolute Gasteiger partial charge is 0.409 e. The Bertz CT molecular complexity index is 685. The minimum absolute atomic E-state index is 0.161. The van der Waals surface area contributed by atoms with E-state index in [1.165, 1.54) is 0 Å². The van der Waals surface area contributed by atoms with Crippen molar-refractivity contribution < 1.29 is 14.0 Å². The van der Waals surface area contributed by atoms with E-state index in [9.17, 15) is 4.79 Å². The molecule has 0 saturated carbocycles. The maximum Gasteiger partial charge on any atom is 0.254 e. The summed E-state index contributed by atoms with van der Waals surface area (Å²) in [6.07, 6.45) is -0.831. The van der Waals surface area contributed by atoms with Gasteiger partial charge >= 0.3 is 0 Å². The molecule has 0 heterocycles. The minimum atomic E-state index is -1.80. The van der Waals surface area contributed by atoms with E-state index in [0.29, 0.717) is 0 Å². The van der Waals surface area contributed by atoms with Crippen molar-refractivity contribution in [2.75, 3.05) is 7.11 Å². The maximum absolute atomic E-state index is 12.8. The summed E-state index contributed by atoms with van der Waals surface area (Å²) in [5.74, 6) is -0.161. The van der Waals surface area contributed by atoms with Crippen LogP contribution in [0.25, 0.3) is 0 Å². The number of carbonyl (C=O) groups is 1. The number of benzene rings is 2. The van der Waals surface area contributed by atoms with Gasteiger partial charge in [-0.2, -0.15) is 0 Å². The Morgan fingerprint density at radius 1 is 0.923 bits per heavy atom. The van der Waals surface area contributed by atoms with Crippen LogP contribution in [0.5, 0.6) is 0 Å². The zero-order valence-electron chi connectivity index (χ0n) is 16.2. The molecule has 1 N–H and O–H groups in total.